The molecule has 0 saturated heterocycles. The van der Waals surface area contributed by atoms with Crippen LogP contribution in [0.2, 0.25) is 0 Å². The molecule has 2 N–H and O–H groups in total. The van der Waals surface area contributed by atoms with Gasteiger partial charge in [-0.05, 0) is 38.0 Å². The third-order valence-corrected chi connectivity index (χ3v) is 3.52. The lowest BCUT2D eigenvalue weighted by molar-refractivity contribution is -0.148. The zero-order chi connectivity index (χ0) is 11.8. The van der Waals surface area contributed by atoms with Crippen molar-refractivity contribution in [2.45, 2.75) is 50.4 Å². The van der Waals surface area contributed by atoms with Crippen molar-refractivity contribution in [2.24, 2.45) is 11.7 Å². The van der Waals surface area contributed by atoms with Gasteiger partial charge < -0.3 is 5.73 Å². The molecule has 0 amide bonds. The first-order chi connectivity index (χ1) is 7.44. The molecule has 0 radical (unpaired) electrons. The van der Waals surface area contributed by atoms with Gasteiger partial charge in [-0.2, -0.15) is 13.2 Å². The van der Waals surface area contributed by atoms with Crippen molar-refractivity contribution < 1.29 is 13.2 Å². The van der Waals surface area contributed by atoms with Crippen LogP contribution in [0.15, 0.2) is 0 Å². The average molecular weight is 236 g/mol. The zero-order valence-electron chi connectivity index (χ0n) is 9.34. The van der Waals surface area contributed by atoms with E-state index in [9.17, 15) is 13.2 Å². The van der Waals surface area contributed by atoms with Gasteiger partial charge >= 0.3 is 6.18 Å². The molecule has 0 spiro atoms. The monoisotopic (exact) mass is 236 g/mol. The van der Waals surface area contributed by atoms with Gasteiger partial charge in [-0.25, -0.2) is 0 Å². The highest BCUT2D eigenvalue weighted by molar-refractivity contribution is 4.89. The second-order valence-electron chi connectivity index (χ2n) is 5.21. The summed E-state index contributed by atoms with van der Waals surface area (Å²) in [5.41, 5.74) is 5.78. The van der Waals surface area contributed by atoms with Gasteiger partial charge in [0.25, 0.3) is 0 Å². The third kappa shape index (κ3) is 3.63. The summed E-state index contributed by atoms with van der Waals surface area (Å²) >= 11 is 0. The van der Waals surface area contributed by atoms with Crippen LogP contribution in [0.1, 0.15) is 32.1 Å². The maximum absolute atomic E-state index is 12.4. The summed E-state index contributed by atoms with van der Waals surface area (Å²) < 4.78 is 37.1. The predicted octanol–water partition coefficient (Wildman–Crippen LogP) is 2.14. The largest absolute Gasteiger partial charge is 0.401 e. The van der Waals surface area contributed by atoms with Crippen molar-refractivity contribution in [3.8, 4) is 0 Å². The Morgan fingerprint density at radius 3 is 2.25 bits per heavy atom. The van der Waals surface area contributed by atoms with Gasteiger partial charge in [0.2, 0.25) is 0 Å². The van der Waals surface area contributed by atoms with E-state index >= 15 is 0 Å². The molecule has 2 fully saturated rings. The van der Waals surface area contributed by atoms with E-state index in [0.29, 0.717) is 12.5 Å². The number of hydrogen-bond donors (Lipinski definition) is 1. The topological polar surface area (TPSA) is 29.3 Å². The van der Waals surface area contributed by atoms with Crippen molar-refractivity contribution >= 4 is 0 Å². The van der Waals surface area contributed by atoms with Gasteiger partial charge in [0.05, 0.1) is 6.54 Å². The van der Waals surface area contributed by atoms with Crippen molar-refractivity contribution in [3.05, 3.63) is 0 Å². The number of hydrogen-bond acceptors (Lipinski definition) is 2. The summed E-state index contributed by atoms with van der Waals surface area (Å²) in [5.74, 6) is 0.373. The molecule has 0 heterocycles. The molecule has 2 aliphatic rings. The van der Waals surface area contributed by atoms with Gasteiger partial charge in [0, 0.05) is 18.6 Å². The summed E-state index contributed by atoms with van der Waals surface area (Å²) in [7, 11) is 0. The number of nitrogens with zero attached hydrogens (tertiary/aromatic N) is 1. The van der Waals surface area contributed by atoms with E-state index < -0.39 is 12.7 Å². The van der Waals surface area contributed by atoms with E-state index in [-0.39, 0.29) is 12.1 Å². The second kappa shape index (κ2) is 4.53. The van der Waals surface area contributed by atoms with Crippen molar-refractivity contribution in [1.29, 1.82) is 0 Å². The summed E-state index contributed by atoms with van der Waals surface area (Å²) in [6, 6.07) is 0.385. The molecule has 5 heteroatoms. The predicted molar refractivity (Wildman–Crippen MR) is 56.0 cm³/mol. The number of alkyl halides is 3. The molecule has 16 heavy (non-hydrogen) atoms. The first kappa shape index (κ1) is 12.2. The maximum atomic E-state index is 12.4. The molecule has 0 aliphatic heterocycles. The normalized spacial score (nSPS) is 31.3. The lowest BCUT2D eigenvalue weighted by atomic mass is 10.1. The van der Waals surface area contributed by atoms with Gasteiger partial charge in [0.15, 0.2) is 0 Å². The van der Waals surface area contributed by atoms with Crippen LogP contribution in [0.5, 0.6) is 0 Å². The fourth-order valence-electron chi connectivity index (χ4n) is 2.62. The number of rotatable bonds is 4. The maximum Gasteiger partial charge on any atom is 0.401 e. The van der Waals surface area contributed by atoms with Crippen LogP contribution in [0, 0.1) is 5.92 Å². The first-order valence-electron chi connectivity index (χ1n) is 6.00. The van der Waals surface area contributed by atoms with Crippen LogP contribution in [0.25, 0.3) is 0 Å². The molecule has 2 nitrogen and oxygen atoms in total. The minimum absolute atomic E-state index is 0.179. The lowest BCUT2D eigenvalue weighted by Gasteiger charge is -2.26. The smallest absolute Gasteiger partial charge is 0.328 e. The average Bonchev–Trinajstić information content (AvgIpc) is 2.89. The Morgan fingerprint density at radius 1 is 1.12 bits per heavy atom. The fourth-order valence-corrected chi connectivity index (χ4v) is 2.62. The SMILES string of the molecule is NC1CCC(CN(CC(F)(F)F)C2CC2)C1. The zero-order valence-corrected chi connectivity index (χ0v) is 9.34. The Kier molecular flexibility index (Phi) is 3.45. The Bertz CT molecular complexity index is 238. The van der Waals surface area contributed by atoms with Crippen LogP contribution in [0.3, 0.4) is 0 Å². The van der Waals surface area contributed by atoms with E-state index in [1.165, 1.54) is 0 Å². The van der Waals surface area contributed by atoms with E-state index in [2.05, 4.69) is 0 Å². The molecule has 0 aromatic heterocycles. The van der Waals surface area contributed by atoms with E-state index in [4.69, 9.17) is 5.73 Å². The summed E-state index contributed by atoms with van der Waals surface area (Å²) in [6.45, 7) is -0.165. The van der Waals surface area contributed by atoms with Crippen LogP contribution in [-0.2, 0) is 0 Å². The van der Waals surface area contributed by atoms with Crippen molar-refractivity contribution in [2.75, 3.05) is 13.1 Å². The lowest BCUT2D eigenvalue weighted by Crippen LogP contribution is -2.39. The molecule has 2 saturated carbocycles. The molecular weight excluding hydrogens is 217 g/mol. The minimum atomic E-state index is -4.07. The number of nitrogens with two attached hydrogens (primary N) is 1. The molecule has 0 aromatic carbocycles. The van der Waals surface area contributed by atoms with Crippen LogP contribution in [-0.4, -0.2) is 36.2 Å². The molecule has 2 atom stereocenters. The van der Waals surface area contributed by atoms with Crippen LogP contribution < -0.4 is 5.73 Å². The van der Waals surface area contributed by atoms with Gasteiger partial charge in [-0.1, -0.05) is 0 Å². The Morgan fingerprint density at radius 2 is 1.81 bits per heavy atom. The van der Waals surface area contributed by atoms with E-state index in [0.717, 1.165) is 32.1 Å². The van der Waals surface area contributed by atoms with Gasteiger partial charge in [0.1, 0.15) is 0 Å². The van der Waals surface area contributed by atoms with Gasteiger partial charge in [-0.3, -0.25) is 4.90 Å². The van der Waals surface area contributed by atoms with Crippen LogP contribution >= 0.6 is 0 Å². The van der Waals surface area contributed by atoms with Crippen molar-refractivity contribution in [3.63, 3.8) is 0 Å². The second-order valence-corrected chi connectivity index (χ2v) is 5.21. The summed E-state index contributed by atoms with van der Waals surface area (Å²) in [5, 5.41) is 0. The quantitative estimate of drug-likeness (QED) is 0.810. The Balaban J connectivity index is 1.83. The highest BCUT2D eigenvalue weighted by Gasteiger charge is 2.39. The highest BCUT2D eigenvalue weighted by atomic mass is 19.4. The molecule has 2 rings (SSSR count). The highest BCUT2D eigenvalue weighted by Crippen LogP contribution is 2.33. The van der Waals surface area contributed by atoms with Gasteiger partial charge in [-0.15, -0.1) is 0 Å². The molecule has 0 aromatic rings. The van der Waals surface area contributed by atoms with E-state index in [1.54, 1.807) is 4.90 Å². The standard InChI is InChI=1S/C11H19F3N2/c12-11(13,14)7-16(10-3-4-10)6-8-1-2-9(15)5-8/h8-10H,1-7,15H2. The fraction of sp³-hybridized carbons (Fsp3) is 1.00. The molecule has 2 aliphatic carbocycles. The molecule has 0 bridgehead atoms. The molecular formula is C11H19F3N2. The van der Waals surface area contributed by atoms with E-state index in [1.807, 2.05) is 0 Å². The third-order valence-electron chi connectivity index (χ3n) is 3.52. The molecule has 2 unspecified atom stereocenters. The Hall–Kier alpha value is -0.290. The Labute approximate surface area is 94.0 Å². The van der Waals surface area contributed by atoms with Crippen LogP contribution in [0.4, 0.5) is 13.2 Å². The first-order valence-corrected chi connectivity index (χ1v) is 6.00. The summed E-state index contributed by atoms with van der Waals surface area (Å²) in [4.78, 5) is 1.61. The minimum Gasteiger partial charge on any atom is -0.328 e. The number of halogens is 3. The molecule has 94 valence electrons. The summed E-state index contributed by atoms with van der Waals surface area (Å²) in [6.07, 6.45) is 0.630. The van der Waals surface area contributed by atoms with Crippen molar-refractivity contribution in [1.82, 2.24) is 4.90 Å².